The lowest BCUT2D eigenvalue weighted by atomic mass is 9.93. The lowest BCUT2D eigenvalue weighted by molar-refractivity contribution is 0.428. The van der Waals surface area contributed by atoms with E-state index in [0.29, 0.717) is 5.88 Å². The van der Waals surface area contributed by atoms with Gasteiger partial charge in [0, 0.05) is 0 Å². The van der Waals surface area contributed by atoms with Crippen LogP contribution >= 0.6 is 0 Å². The second-order valence-corrected chi connectivity index (χ2v) is 4.50. The average Bonchev–Trinajstić information content (AvgIpc) is 2.59. The first-order valence-corrected chi connectivity index (χ1v) is 5.86. The molecule has 2 aromatic rings. The van der Waals surface area contributed by atoms with Crippen LogP contribution in [0, 0.1) is 20.8 Å². The van der Waals surface area contributed by atoms with Gasteiger partial charge in [0.1, 0.15) is 0 Å². The van der Waals surface area contributed by atoms with E-state index in [1.54, 1.807) is 0 Å². The van der Waals surface area contributed by atoms with Gasteiger partial charge in [-0.3, -0.25) is 0 Å². The lowest BCUT2D eigenvalue weighted by Crippen LogP contribution is -1.95. The summed E-state index contributed by atoms with van der Waals surface area (Å²) in [6.07, 6.45) is 0.822. The Bertz CT molecular complexity index is 532. The Hall–Kier alpha value is -1.77. The number of aromatic nitrogens is 1. The van der Waals surface area contributed by atoms with Crippen LogP contribution in [-0.4, -0.2) is 5.16 Å². The first-order chi connectivity index (χ1) is 8.04. The van der Waals surface area contributed by atoms with Crippen LogP contribution in [0.1, 0.15) is 29.3 Å². The highest BCUT2D eigenvalue weighted by Gasteiger charge is 2.18. The fourth-order valence-corrected chi connectivity index (χ4v) is 2.42. The van der Waals surface area contributed by atoms with E-state index in [1.807, 2.05) is 0 Å². The van der Waals surface area contributed by atoms with Gasteiger partial charge in [0.15, 0.2) is 0 Å². The minimum Gasteiger partial charge on any atom is -0.367 e. The zero-order valence-electron chi connectivity index (χ0n) is 10.8. The van der Waals surface area contributed by atoms with Crippen LogP contribution in [0.2, 0.25) is 0 Å². The van der Waals surface area contributed by atoms with Crippen molar-refractivity contribution in [1.82, 2.24) is 5.16 Å². The molecule has 0 aliphatic rings. The molecular formula is C14H18N2O. The van der Waals surface area contributed by atoms with Gasteiger partial charge in [-0.05, 0) is 43.9 Å². The first kappa shape index (κ1) is 11.7. The number of nitrogen functional groups attached to an aromatic ring is 1. The maximum Gasteiger partial charge on any atom is 0.230 e. The lowest BCUT2D eigenvalue weighted by Gasteiger charge is -2.11. The predicted octanol–water partition coefficient (Wildman–Crippen LogP) is 3.41. The van der Waals surface area contributed by atoms with Crippen LogP contribution in [0.4, 0.5) is 5.88 Å². The number of nitrogens with two attached hydrogens (primary N) is 1. The van der Waals surface area contributed by atoms with Crippen LogP contribution in [0.25, 0.3) is 11.1 Å². The molecule has 2 rings (SSSR count). The normalized spacial score (nSPS) is 10.8. The minimum atomic E-state index is 0.414. The van der Waals surface area contributed by atoms with Crippen molar-refractivity contribution in [3.05, 3.63) is 34.5 Å². The number of anilines is 1. The Balaban J connectivity index is 2.72. The van der Waals surface area contributed by atoms with Crippen LogP contribution in [-0.2, 0) is 6.42 Å². The van der Waals surface area contributed by atoms with Crippen molar-refractivity contribution >= 4 is 5.88 Å². The van der Waals surface area contributed by atoms with Crippen molar-refractivity contribution in [2.75, 3.05) is 5.73 Å². The molecule has 0 amide bonds. The molecule has 17 heavy (non-hydrogen) atoms. The Morgan fingerprint density at radius 3 is 2.24 bits per heavy atom. The van der Waals surface area contributed by atoms with Crippen molar-refractivity contribution < 1.29 is 4.52 Å². The zero-order chi connectivity index (χ0) is 12.6. The molecule has 0 radical (unpaired) electrons. The Morgan fingerprint density at radius 2 is 1.71 bits per heavy atom. The summed E-state index contributed by atoms with van der Waals surface area (Å²) in [6, 6.07) is 4.32. The van der Waals surface area contributed by atoms with E-state index in [4.69, 9.17) is 10.3 Å². The van der Waals surface area contributed by atoms with E-state index < -0.39 is 0 Å². The topological polar surface area (TPSA) is 52.0 Å². The molecular weight excluding hydrogens is 212 g/mol. The van der Waals surface area contributed by atoms with Gasteiger partial charge in [-0.25, -0.2) is 0 Å². The maximum absolute atomic E-state index is 5.90. The number of hydrogen-bond acceptors (Lipinski definition) is 3. The molecule has 0 fully saturated rings. The summed E-state index contributed by atoms with van der Waals surface area (Å²) in [6.45, 7) is 8.35. The van der Waals surface area contributed by atoms with Gasteiger partial charge in [0.2, 0.25) is 5.88 Å². The monoisotopic (exact) mass is 230 g/mol. The number of aryl methyl sites for hydroxylation is 4. The fraction of sp³-hybridized carbons (Fsp3) is 0.357. The average molecular weight is 230 g/mol. The standard InChI is InChI=1S/C14H18N2O/c1-5-11-13(14(15)17-16-11)12-9(3)6-8(2)7-10(12)4/h6-7H,5,15H2,1-4H3. The summed E-state index contributed by atoms with van der Waals surface area (Å²) >= 11 is 0. The van der Waals surface area contributed by atoms with E-state index in [2.05, 4.69) is 45.0 Å². The Labute approximate surface area is 102 Å². The summed E-state index contributed by atoms with van der Waals surface area (Å²) in [7, 11) is 0. The highest BCUT2D eigenvalue weighted by Crippen LogP contribution is 2.35. The Morgan fingerprint density at radius 1 is 1.12 bits per heavy atom. The molecule has 1 heterocycles. The smallest absolute Gasteiger partial charge is 0.230 e. The molecule has 90 valence electrons. The SMILES string of the molecule is CCc1noc(N)c1-c1c(C)cc(C)cc1C. The van der Waals surface area contributed by atoms with Crippen molar-refractivity contribution in [3.8, 4) is 11.1 Å². The highest BCUT2D eigenvalue weighted by atomic mass is 16.5. The van der Waals surface area contributed by atoms with Crippen molar-refractivity contribution in [1.29, 1.82) is 0 Å². The van der Waals surface area contributed by atoms with E-state index in [9.17, 15) is 0 Å². The third-order valence-corrected chi connectivity index (χ3v) is 3.05. The van der Waals surface area contributed by atoms with E-state index in [0.717, 1.165) is 23.2 Å². The van der Waals surface area contributed by atoms with Gasteiger partial charge in [0.25, 0.3) is 0 Å². The highest BCUT2D eigenvalue weighted by molar-refractivity contribution is 5.80. The molecule has 3 nitrogen and oxygen atoms in total. The summed E-state index contributed by atoms with van der Waals surface area (Å²) in [4.78, 5) is 0. The number of rotatable bonds is 2. The van der Waals surface area contributed by atoms with E-state index in [1.165, 1.54) is 16.7 Å². The molecule has 0 bridgehead atoms. The maximum atomic E-state index is 5.90. The summed E-state index contributed by atoms with van der Waals surface area (Å²) in [5.41, 5.74) is 12.6. The van der Waals surface area contributed by atoms with Gasteiger partial charge in [-0.1, -0.05) is 29.8 Å². The molecule has 0 aliphatic carbocycles. The van der Waals surface area contributed by atoms with Crippen molar-refractivity contribution in [3.63, 3.8) is 0 Å². The Kier molecular flexibility index (Phi) is 2.92. The van der Waals surface area contributed by atoms with Crippen LogP contribution in [0.15, 0.2) is 16.7 Å². The number of nitrogens with zero attached hydrogens (tertiary/aromatic N) is 1. The summed E-state index contributed by atoms with van der Waals surface area (Å²) in [5, 5.41) is 4.02. The second-order valence-electron chi connectivity index (χ2n) is 4.50. The third kappa shape index (κ3) is 1.93. The van der Waals surface area contributed by atoms with Gasteiger partial charge < -0.3 is 10.3 Å². The molecule has 0 spiro atoms. The quantitative estimate of drug-likeness (QED) is 0.860. The van der Waals surface area contributed by atoms with Gasteiger partial charge in [-0.15, -0.1) is 0 Å². The van der Waals surface area contributed by atoms with Gasteiger partial charge in [-0.2, -0.15) is 0 Å². The largest absolute Gasteiger partial charge is 0.367 e. The molecule has 0 saturated heterocycles. The zero-order valence-corrected chi connectivity index (χ0v) is 10.8. The molecule has 1 aromatic carbocycles. The van der Waals surface area contributed by atoms with Crippen molar-refractivity contribution in [2.24, 2.45) is 0 Å². The molecule has 0 unspecified atom stereocenters. The summed E-state index contributed by atoms with van der Waals surface area (Å²) in [5.74, 6) is 0.414. The molecule has 0 saturated carbocycles. The molecule has 1 aromatic heterocycles. The minimum absolute atomic E-state index is 0.414. The van der Waals surface area contributed by atoms with Crippen LogP contribution < -0.4 is 5.73 Å². The third-order valence-electron chi connectivity index (χ3n) is 3.05. The first-order valence-electron chi connectivity index (χ1n) is 5.86. The molecule has 3 heteroatoms. The molecule has 0 aliphatic heterocycles. The number of hydrogen-bond donors (Lipinski definition) is 1. The predicted molar refractivity (Wildman–Crippen MR) is 69.9 cm³/mol. The van der Waals surface area contributed by atoms with Crippen LogP contribution in [0.3, 0.4) is 0 Å². The van der Waals surface area contributed by atoms with E-state index in [-0.39, 0.29) is 0 Å². The van der Waals surface area contributed by atoms with Gasteiger partial charge in [0.05, 0.1) is 11.3 Å². The van der Waals surface area contributed by atoms with Crippen molar-refractivity contribution in [2.45, 2.75) is 34.1 Å². The summed E-state index contributed by atoms with van der Waals surface area (Å²) < 4.78 is 5.11. The van der Waals surface area contributed by atoms with E-state index >= 15 is 0 Å². The van der Waals surface area contributed by atoms with Crippen LogP contribution in [0.5, 0.6) is 0 Å². The van der Waals surface area contributed by atoms with Gasteiger partial charge >= 0.3 is 0 Å². The fourth-order valence-electron chi connectivity index (χ4n) is 2.42. The molecule has 2 N–H and O–H groups in total. The second kappa shape index (κ2) is 4.24. The number of benzene rings is 1. The molecule has 0 atom stereocenters.